The molecule has 0 aliphatic heterocycles. The van der Waals surface area contributed by atoms with Crippen LogP contribution >= 0.6 is 23.2 Å². The van der Waals surface area contributed by atoms with Crippen LogP contribution in [0.2, 0.25) is 10.0 Å². The van der Waals surface area contributed by atoms with Crippen molar-refractivity contribution in [1.29, 1.82) is 5.26 Å². The molecule has 0 saturated heterocycles. The van der Waals surface area contributed by atoms with Crippen LogP contribution in [0.5, 0.6) is 0 Å². The van der Waals surface area contributed by atoms with E-state index in [9.17, 15) is 0 Å². The van der Waals surface area contributed by atoms with E-state index in [4.69, 9.17) is 33.6 Å². The predicted molar refractivity (Wildman–Crippen MR) is 47.0 cm³/mol. The first kappa shape index (κ1) is 9.34. The summed E-state index contributed by atoms with van der Waals surface area (Å²) in [5, 5.41) is 18.2. The molecule has 1 atom stereocenters. The normalized spacial score (nSPS) is 12.2. The zero-order chi connectivity index (χ0) is 9.14. The average molecular weight is 202 g/mol. The van der Waals surface area contributed by atoms with Crippen LogP contribution in [0.4, 0.5) is 0 Å². The fourth-order valence-corrected chi connectivity index (χ4v) is 1.44. The highest BCUT2D eigenvalue weighted by Crippen LogP contribution is 2.29. The summed E-state index contributed by atoms with van der Waals surface area (Å²) in [4.78, 5) is 0. The maximum absolute atomic E-state index is 9.16. The van der Waals surface area contributed by atoms with Crippen LogP contribution in [0.25, 0.3) is 0 Å². The fourth-order valence-electron chi connectivity index (χ4n) is 0.836. The second-order valence-corrected chi connectivity index (χ2v) is 2.98. The molecule has 12 heavy (non-hydrogen) atoms. The van der Waals surface area contributed by atoms with Gasteiger partial charge in [-0.1, -0.05) is 29.3 Å². The molecule has 62 valence electrons. The summed E-state index contributed by atoms with van der Waals surface area (Å²) < 4.78 is 0. The number of benzene rings is 1. The van der Waals surface area contributed by atoms with Gasteiger partial charge in [-0.25, -0.2) is 0 Å². The molecule has 1 aromatic carbocycles. The van der Waals surface area contributed by atoms with E-state index in [-0.39, 0.29) is 5.56 Å². The van der Waals surface area contributed by atoms with Crippen LogP contribution in [-0.4, -0.2) is 5.11 Å². The van der Waals surface area contributed by atoms with Crippen LogP contribution in [0.1, 0.15) is 11.7 Å². The molecule has 1 rings (SSSR count). The van der Waals surface area contributed by atoms with Crippen molar-refractivity contribution < 1.29 is 5.11 Å². The standard InChI is InChI=1S/C8H5Cl2NO/c9-5-2-1-3-6(10)8(5)7(12)4-11/h1-3,7,12H. The number of halogens is 2. The highest BCUT2D eigenvalue weighted by Gasteiger charge is 2.13. The van der Waals surface area contributed by atoms with Crippen molar-refractivity contribution in [3.8, 4) is 6.07 Å². The molecule has 2 nitrogen and oxygen atoms in total. The van der Waals surface area contributed by atoms with E-state index in [0.29, 0.717) is 10.0 Å². The van der Waals surface area contributed by atoms with Crippen molar-refractivity contribution in [3.63, 3.8) is 0 Å². The molecule has 0 fully saturated rings. The minimum atomic E-state index is -1.26. The van der Waals surface area contributed by atoms with Crippen LogP contribution in [-0.2, 0) is 0 Å². The summed E-state index contributed by atoms with van der Waals surface area (Å²) in [7, 11) is 0. The van der Waals surface area contributed by atoms with Crippen LogP contribution in [0.15, 0.2) is 18.2 Å². The molecule has 0 saturated carbocycles. The van der Waals surface area contributed by atoms with Crippen LogP contribution < -0.4 is 0 Å². The van der Waals surface area contributed by atoms with Crippen LogP contribution in [0, 0.1) is 11.3 Å². The third kappa shape index (κ3) is 1.70. The summed E-state index contributed by atoms with van der Waals surface area (Å²) in [5.41, 5.74) is 0.267. The van der Waals surface area contributed by atoms with Gasteiger partial charge in [0.25, 0.3) is 0 Å². The summed E-state index contributed by atoms with van der Waals surface area (Å²) in [6.45, 7) is 0. The summed E-state index contributed by atoms with van der Waals surface area (Å²) >= 11 is 11.4. The van der Waals surface area contributed by atoms with Gasteiger partial charge in [0.1, 0.15) is 0 Å². The summed E-state index contributed by atoms with van der Waals surface area (Å²) in [5.74, 6) is 0. The van der Waals surface area contributed by atoms with Gasteiger partial charge in [0.15, 0.2) is 6.10 Å². The van der Waals surface area contributed by atoms with Gasteiger partial charge in [-0.15, -0.1) is 0 Å². The quantitative estimate of drug-likeness (QED) is 0.711. The van der Waals surface area contributed by atoms with E-state index in [1.165, 1.54) is 0 Å². The Hall–Kier alpha value is -0.750. The minimum absolute atomic E-state index is 0.267. The molecule has 0 aromatic heterocycles. The zero-order valence-corrected chi connectivity index (χ0v) is 7.47. The Morgan fingerprint density at radius 1 is 1.33 bits per heavy atom. The molecule has 1 N–H and O–H groups in total. The lowest BCUT2D eigenvalue weighted by Gasteiger charge is -2.06. The van der Waals surface area contributed by atoms with Crippen molar-refractivity contribution in [2.75, 3.05) is 0 Å². The maximum atomic E-state index is 9.16. The van der Waals surface area contributed by atoms with Crippen LogP contribution in [0.3, 0.4) is 0 Å². The van der Waals surface area contributed by atoms with Gasteiger partial charge in [-0.05, 0) is 12.1 Å². The SMILES string of the molecule is N#CC(O)c1c(Cl)cccc1Cl. The molecule has 1 unspecified atom stereocenters. The molecule has 0 amide bonds. The molecular formula is C8H5Cl2NO. The van der Waals surface area contributed by atoms with Crippen molar-refractivity contribution in [1.82, 2.24) is 0 Å². The highest BCUT2D eigenvalue weighted by atomic mass is 35.5. The first-order valence-corrected chi connectivity index (χ1v) is 3.94. The average Bonchev–Trinajstić information content (AvgIpc) is 2.03. The Bertz CT molecular complexity index is 312. The number of aliphatic hydroxyl groups excluding tert-OH is 1. The second-order valence-electron chi connectivity index (χ2n) is 2.17. The number of nitriles is 1. The lowest BCUT2D eigenvalue weighted by molar-refractivity contribution is 0.236. The Labute approximate surface area is 80.0 Å². The van der Waals surface area contributed by atoms with E-state index < -0.39 is 6.10 Å². The summed E-state index contributed by atoms with van der Waals surface area (Å²) in [6.07, 6.45) is -1.26. The van der Waals surface area contributed by atoms with E-state index in [2.05, 4.69) is 0 Å². The Balaban J connectivity index is 3.23. The molecule has 0 heterocycles. The van der Waals surface area contributed by atoms with E-state index in [1.54, 1.807) is 24.3 Å². The topological polar surface area (TPSA) is 44.0 Å². The molecular weight excluding hydrogens is 197 g/mol. The van der Waals surface area contributed by atoms with Gasteiger partial charge in [-0.3, -0.25) is 0 Å². The fraction of sp³-hybridized carbons (Fsp3) is 0.125. The lowest BCUT2D eigenvalue weighted by atomic mass is 10.1. The predicted octanol–water partition coefficient (Wildman–Crippen LogP) is 2.55. The largest absolute Gasteiger partial charge is 0.374 e. The minimum Gasteiger partial charge on any atom is -0.374 e. The summed E-state index contributed by atoms with van der Waals surface area (Å²) in [6, 6.07) is 6.45. The maximum Gasteiger partial charge on any atom is 0.168 e. The second kappa shape index (κ2) is 3.77. The van der Waals surface area contributed by atoms with Gasteiger partial charge in [0.05, 0.1) is 6.07 Å². The van der Waals surface area contributed by atoms with E-state index in [0.717, 1.165) is 0 Å². The molecule has 0 aliphatic rings. The number of hydrogen-bond donors (Lipinski definition) is 1. The Morgan fingerprint density at radius 3 is 2.25 bits per heavy atom. The van der Waals surface area contributed by atoms with Gasteiger partial charge < -0.3 is 5.11 Å². The molecule has 0 aliphatic carbocycles. The van der Waals surface area contributed by atoms with E-state index >= 15 is 0 Å². The number of rotatable bonds is 1. The molecule has 0 bridgehead atoms. The van der Waals surface area contributed by atoms with E-state index in [1.807, 2.05) is 0 Å². The van der Waals surface area contributed by atoms with Gasteiger partial charge >= 0.3 is 0 Å². The van der Waals surface area contributed by atoms with Crippen molar-refractivity contribution >= 4 is 23.2 Å². The monoisotopic (exact) mass is 201 g/mol. The van der Waals surface area contributed by atoms with Gasteiger partial charge in [0, 0.05) is 15.6 Å². The Morgan fingerprint density at radius 2 is 1.83 bits per heavy atom. The first-order chi connectivity index (χ1) is 5.66. The third-order valence-corrected chi connectivity index (χ3v) is 2.05. The van der Waals surface area contributed by atoms with Crippen molar-refractivity contribution in [2.24, 2.45) is 0 Å². The van der Waals surface area contributed by atoms with Crippen molar-refractivity contribution in [3.05, 3.63) is 33.8 Å². The van der Waals surface area contributed by atoms with Gasteiger partial charge in [-0.2, -0.15) is 5.26 Å². The van der Waals surface area contributed by atoms with Crippen molar-refractivity contribution in [2.45, 2.75) is 6.10 Å². The highest BCUT2D eigenvalue weighted by molar-refractivity contribution is 6.36. The lowest BCUT2D eigenvalue weighted by Crippen LogP contribution is -1.95. The van der Waals surface area contributed by atoms with Gasteiger partial charge in [0.2, 0.25) is 0 Å². The Kier molecular flexibility index (Phi) is 2.93. The molecule has 0 radical (unpaired) electrons. The molecule has 4 heteroatoms. The number of aliphatic hydroxyl groups is 1. The molecule has 0 spiro atoms. The third-order valence-electron chi connectivity index (χ3n) is 1.40. The zero-order valence-electron chi connectivity index (χ0n) is 5.96. The smallest absolute Gasteiger partial charge is 0.168 e. The number of hydrogen-bond acceptors (Lipinski definition) is 2. The number of nitrogens with zero attached hydrogens (tertiary/aromatic N) is 1. The first-order valence-electron chi connectivity index (χ1n) is 3.18. The molecule has 1 aromatic rings.